The number of phosphoric ester groups is 1. The van der Waals surface area contributed by atoms with Gasteiger partial charge in [0.15, 0.2) is 12.1 Å². The molecule has 0 radical (unpaired) electrons. The van der Waals surface area contributed by atoms with E-state index in [9.17, 15) is 33.9 Å². The van der Waals surface area contributed by atoms with Crippen LogP contribution in [0.5, 0.6) is 0 Å². The Bertz CT molecular complexity index is 1020. The fraction of sp³-hybridized carbons (Fsp3) is 0.727. The largest absolute Gasteiger partial charge is 0.490 e. The van der Waals surface area contributed by atoms with Crippen LogP contribution >= 0.6 is 35.2 Å². The van der Waals surface area contributed by atoms with Gasteiger partial charge in [-0.05, 0) is 6.26 Å². The van der Waals surface area contributed by atoms with E-state index in [1.165, 1.54) is 4.90 Å². The maximum atomic E-state index is 11.8. The molecule has 33 heavy (non-hydrogen) atoms. The zero-order valence-corrected chi connectivity index (χ0v) is 19.8. The van der Waals surface area contributed by atoms with Crippen molar-refractivity contribution in [3.63, 3.8) is 0 Å². The topological polar surface area (TPSA) is 270 Å². The molecular weight excluding hydrogens is 537 g/mol. The van der Waals surface area contributed by atoms with Gasteiger partial charge in [-0.2, -0.15) is 8.62 Å². The molecule has 0 aromatic rings. The fourth-order valence-electron chi connectivity index (χ4n) is 2.97. The average Bonchev–Trinajstić information content (AvgIpc) is 3.20. The summed E-state index contributed by atoms with van der Waals surface area (Å²) in [6, 6.07) is 0. The molecule has 1 fully saturated rings. The molecule has 0 bridgehead atoms. The third-order valence-corrected chi connectivity index (χ3v) is 9.00. The molecule has 3 rings (SSSR count). The van der Waals surface area contributed by atoms with Gasteiger partial charge < -0.3 is 44.5 Å². The van der Waals surface area contributed by atoms with Gasteiger partial charge in [0.1, 0.15) is 37.0 Å². The highest BCUT2D eigenvalue weighted by Gasteiger charge is 2.52. The quantitative estimate of drug-likeness (QED) is 0.119. The molecule has 0 aliphatic carbocycles. The normalized spacial score (nSPS) is 35.6. The van der Waals surface area contributed by atoms with Crippen LogP contribution in [0.1, 0.15) is 0 Å². The zero-order valence-electron chi connectivity index (χ0n) is 16.3. The number of amidine groups is 1. The Morgan fingerprint density at radius 1 is 1.18 bits per heavy atom. The number of aliphatic hydroxyl groups is 3. The highest BCUT2D eigenvalue weighted by Crippen LogP contribution is 2.66. The van der Waals surface area contributed by atoms with Crippen molar-refractivity contribution in [2.24, 2.45) is 15.0 Å². The second-order valence-electron chi connectivity index (χ2n) is 6.56. The third-order valence-electron chi connectivity index (χ3n) is 4.33. The molecule has 0 spiro atoms. The minimum absolute atomic E-state index is 0.0829. The first-order valence-corrected chi connectivity index (χ1v) is 14.3. The molecule has 0 aromatic heterocycles. The molecule has 3 unspecified atom stereocenters. The van der Waals surface area contributed by atoms with E-state index in [0.717, 1.165) is 18.1 Å². The van der Waals surface area contributed by atoms with Crippen LogP contribution in [0.3, 0.4) is 0 Å². The molecule has 7 N–H and O–H groups in total. The summed E-state index contributed by atoms with van der Waals surface area (Å²) in [7, 11) is -16.7. The Labute approximate surface area is 189 Å². The van der Waals surface area contributed by atoms with Gasteiger partial charge in [0.05, 0.1) is 6.61 Å². The molecular formula is C11H19N4O14P3S. The van der Waals surface area contributed by atoms with Crippen molar-refractivity contribution in [2.75, 3.05) is 19.5 Å². The Kier molecular flexibility index (Phi) is 7.74. The van der Waals surface area contributed by atoms with Crippen molar-refractivity contribution in [1.82, 2.24) is 4.90 Å². The van der Waals surface area contributed by atoms with Crippen molar-refractivity contribution >= 4 is 53.1 Å². The minimum Gasteiger partial charge on any atom is -0.387 e. The van der Waals surface area contributed by atoms with Crippen molar-refractivity contribution in [1.29, 1.82) is 0 Å². The van der Waals surface area contributed by atoms with Crippen LogP contribution in [0.2, 0.25) is 0 Å². The first-order chi connectivity index (χ1) is 15.1. The number of hydrogen-bond donors (Lipinski definition) is 7. The fourth-order valence-corrected chi connectivity index (χ4v) is 6.50. The van der Waals surface area contributed by atoms with Crippen molar-refractivity contribution in [3.05, 3.63) is 0 Å². The molecule has 18 nitrogen and oxygen atoms in total. The maximum absolute atomic E-state index is 11.8. The first-order valence-electron chi connectivity index (χ1n) is 8.58. The van der Waals surface area contributed by atoms with Crippen molar-refractivity contribution < 1.29 is 66.5 Å². The van der Waals surface area contributed by atoms with Crippen LogP contribution in [-0.2, 0) is 31.6 Å². The predicted molar refractivity (Wildman–Crippen MR) is 109 cm³/mol. The number of fused-ring (bicyclic) bond motifs is 1. The number of ether oxygens (including phenoxy) is 1. The summed E-state index contributed by atoms with van der Waals surface area (Å²) in [6.07, 6.45) is -3.42. The molecule has 0 amide bonds. The summed E-state index contributed by atoms with van der Waals surface area (Å²) < 4.78 is 50.9. The van der Waals surface area contributed by atoms with Gasteiger partial charge in [-0.3, -0.25) is 9.52 Å². The van der Waals surface area contributed by atoms with E-state index in [1.807, 2.05) is 0 Å². The summed E-state index contributed by atoms with van der Waals surface area (Å²) in [5, 5.41) is 29.4. The van der Waals surface area contributed by atoms with E-state index in [1.54, 1.807) is 6.26 Å². The van der Waals surface area contributed by atoms with Crippen LogP contribution in [0, 0.1) is 0 Å². The first kappa shape index (κ1) is 27.0. The molecule has 188 valence electrons. The van der Waals surface area contributed by atoms with E-state index in [0.29, 0.717) is 0 Å². The molecule has 1 saturated heterocycles. The lowest BCUT2D eigenvalue weighted by molar-refractivity contribution is -0.0681. The summed E-state index contributed by atoms with van der Waals surface area (Å²) in [5.41, 5.74) is 0.0829. The molecule has 0 aromatic carbocycles. The highest BCUT2D eigenvalue weighted by molar-refractivity contribution is 8.00. The van der Waals surface area contributed by atoms with Crippen LogP contribution in [0.15, 0.2) is 15.0 Å². The Balaban J connectivity index is 1.64. The Morgan fingerprint density at radius 2 is 1.85 bits per heavy atom. The standard InChI is InChI=1S/C11H19N4O14P3S/c1-33-11(18)8-9(12-3-14-11)15(4-13-8)10-7(17)6(16)5(27-10)2-26-31(22,23)29-32(24,25)28-30(19,20)21/h3,5-7,10,16-18H,2,4H2,1H3,(H,22,23)(H,24,25)(H2,19,20,21)/t5-,6-,7-,10-,11?/m1/s1. The van der Waals surface area contributed by atoms with Crippen LogP contribution in [0.4, 0.5) is 0 Å². The number of rotatable bonds is 9. The minimum atomic E-state index is -5.72. The summed E-state index contributed by atoms with van der Waals surface area (Å²) in [6.45, 7) is -1.11. The molecule has 3 aliphatic rings. The van der Waals surface area contributed by atoms with Gasteiger partial charge in [-0.1, -0.05) is 0 Å². The number of nitrogens with zero attached hydrogens (tertiary/aromatic N) is 4. The maximum Gasteiger partial charge on any atom is 0.490 e. The summed E-state index contributed by atoms with van der Waals surface area (Å²) in [4.78, 5) is 49.0. The molecule has 3 heterocycles. The number of phosphoric acid groups is 3. The van der Waals surface area contributed by atoms with Crippen LogP contribution in [-0.4, -0.2) is 107 Å². The predicted octanol–water partition coefficient (Wildman–Crippen LogP) is -2.06. The van der Waals surface area contributed by atoms with Crippen molar-refractivity contribution in [3.8, 4) is 0 Å². The summed E-state index contributed by atoms with van der Waals surface area (Å²) in [5.74, 6) is 0.103. The van der Waals surface area contributed by atoms with Gasteiger partial charge in [-0.25, -0.2) is 23.7 Å². The lowest BCUT2D eigenvalue weighted by Crippen LogP contribution is -2.50. The zero-order chi connectivity index (χ0) is 24.8. The second-order valence-corrected chi connectivity index (χ2v) is 12.0. The highest BCUT2D eigenvalue weighted by atomic mass is 32.2. The molecule has 3 aliphatic heterocycles. The number of hydrogen-bond acceptors (Lipinski definition) is 15. The van der Waals surface area contributed by atoms with Gasteiger partial charge in [0.25, 0.3) is 5.06 Å². The third kappa shape index (κ3) is 6.16. The van der Waals surface area contributed by atoms with Crippen LogP contribution < -0.4 is 0 Å². The second kappa shape index (κ2) is 9.46. The lowest BCUT2D eigenvalue weighted by atomic mass is 10.1. The SMILES string of the molecule is CSC1(O)N=CN=C2C1=NCN2[C@@H]1O[C@H](COP(=O)(O)OP(=O)(O)OP(=O)(O)O)[C@@H](O)[C@H]1O. The molecule has 22 heteroatoms. The van der Waals surface area contributed by atoms with Crippen LogP contribution in [0.25, 0.3) is 0 Å². The van der Waals surface area contributed by atoms with E-state index in [2.05, 4.69) is 28.1 Å². The van der Waals surface area contributed by atoms with Gasteiger partial charge in [0, 0.05) is 0 Å². The monoisotopic (exact) mass is 556 g/mol. The smallest absolute Gasteiger partial charge is 0.387 e. The van der Waals surface area contributed by atoms with E-state index < -0.39 is 59.7 Å². The van der Waals surface area contributed by atoms with E-state index in [4.69, 9.17) is 19.4 Å². The van der Waals surface area contributed by atoms with E-state index in [-0.39, 0.29) is 18.2 Å². The van der Waals surface area contributed by atoms with Gasteiger partial charge >= 0.3 is 23.5 Å². The number of aliphatic hydroxyl groups excluding tert-OH is 2. The summed E-state index contributed by atoms with van der Waals surface area (Å²) >= 11 is 0.961. The number of thioether (sulfide) groups is 1. The Hall–Kier alpha value is -0.590. The van der Waals surface area contributed by atoms with Gasteiger partial charge in [-0.15, -0.1) is 11.8 Å². The molecule has 7 atom stereocenters. The lowest BCUT2D eigenvalue weighted by Gasteiger charge is -2.30. The number of aliphatic imine (C=N–C) groups is 3. The van der Waals surface area contributed by atoms with E-state index >= 15 is 0 Å². The Morgan fingerprint density at radius 3 is 2.45 bits per heavy atom. The van der Waals surface area contributed by atoms with Crippen molar-refractivity contribution in [2.45, 2.75) is 29.6 Å². The molecule has 0 saturated carbocycles. The van der Waals surface area contributed by atoms with Gasteiger partial charge in [0.2, 0.25) is 0 Å². The average molecular weight is 556 g/mol.